The van der Waals surface area contributed by atoms with Crippen LogP contribution in [-0.4, -0.2) is 76.7 Å². The van der Waals surface area contributed by atoms with Gasteiger partial charge in [0.2, 0.25) is 16.1 Å². The van der Waals surface area contributed by atoms with E-state index in [1.54, 1.807) is 42.5 Å². The second-order valence-electron chi connectivity index (χ2n) is 9.59. The fourth-order valence-corrected chi connectivity index (χ4v) is 5.89. The maximum atomic E-state index is 13.5. The van der Waals surface area contributed by atoms with Gasteiger partial charge in [-0.15, -0.1) is 0 Å². The molecule has 0 bridgehead atoms. The molecule has 1 spiro atoms. The van der Waals surface area contributed by atoms with Crippen molar-refractivity contribution >= 4 is 16.1 Å². The molecule has 2 aliphatic heterocycles. The molecule has 13 heteroatoms. The van der Waals surface area contributed by atoms with E-state index in [1.807, 2.05) is 0 Å². The molecule has 0 radical (unpaired) electrons. The maximum Gasteiger partial charge on any atom is 0.427 e. The number of nitrogens with zero attached hydrogens (tertiary/aromatic N) is 1. The molecule has 0 saturated carbocycles. The third-order valence-electron chi connectivity index (χ3n) is 6.82. The van der Waals surface area contributed by atoms with Gasteiger partial charge in [-0.1, -0.05) is 30.3 Å². The highest BCUT2D eigenvalue weighted by molar-refractivity contribution is 7.89. The minimum atomic E-state index is -4.80. The predicted octanol–water partition coefficient (Wildman–Crippen LogP) is 3.88. The van der Waals surface area contributed by atoms with Crippen LogP contribution in [0.1, 0.15) is 24.8 Å². The van der Waals surface area contributed by atoms with E-state index >= 15 is 0 Å². The van der Waals surface area contributed by atoms with Gasteiger partial charge in [0.1, 0.15) is 5.75 Å². The number of rotatable bonds is 9. The first-order chi connectivity index (χ1) is 18.5. The smallest absolute Gasteiger partial charge is 0.427 e. The number of amides is 1. The van der Waals surface area contributed by atoms with Crippen LogP contribution in [0.25, 0.3) is 0 Å². The minimum absolute atomic E-state index is 0.0904. The molecule has 2 aromatic rings. The molecule has 1 N–H and O–H groups in total. The number of ether oxygens (including phenoxy) is 4. The number of benzene rings is 2. The Morgan fingerprint density at radius 1 is 1.13 bits per heavy atom. The molecule has 2 aliphatic rings. The Hall–Kier alpha value is -2.87. The summed E-state index contributed by atoms with van der Waals surface area (Å²) in [7, 11) is -2.21. The molecule has 0 aliphatic carbocycles. The Morgan fingerprint density at radius 2 is 1.79 bits per heavy atom. The highest BCUT2D eigenvalue weighted by atomic mass is 32.2. The summed E-state index contributed by atoms with van der Waals surface area (Å²) < 4.78 is 89.5. The molecular weight excluding hydrogens is 541 g/mol. The summed E-state index contributed by atoms with van der Waals surface area (Å²) >= 11 is 0. The molecular formula is C26H31F3N2O7S. The number of carbonyl (C=O) groups is 1. The molecule has 2 atom stereocenters. The van der Waals surface area contributed by atoms with Gasteiger partial charge in [-0.2, -0.15) is 13.2 Å². The Bertz CT molecular complexity index is 1200. The van der Waals surface area contributed by atoms with Crippen LogP contribution in [0, 0.1) is 0 Å². The molecule has 2 heterocycles. The molecule has 2 aromatic carbocycles. The first kappa shape index (κ1) is 29.1. The van der Waals surface area contributed by atoms with E-state index in [9.17, 15) is 26.4 Å². The normalized spacial score (nSPS) is 20.1. The Morgan fingerprint density at radius 3 is 2.41 bits per heavy atom. The number of halogens is 3. The number of alkyl halides is 3. The van der Waals surface area contributed by atoms with Crippen LogP contribution in [0.15, 0.2) is 59.5 Å². The SMILES string of the molecule is COc1ccc(COCC(OC(=O)N2CCC3(CC2)CC(NS(=O)(=O)c2ccccc2)CO3)C(F)(F)F)cc1. The Labute approximate surface area is 225 Å². The zero-order chi connectivity index (χ0) is 28.1. The number of methoxy groups -OCH3 is 1. The van der Waals surface area contributed by atoms with Gasteiger partial charge >= 0.3 is 12.3 Å². The lowest BCUT2D eigenvalue weighted by Crippen LogP contribution is -2.49. The number of likely N-dealkylation sites (tertiary alicyclic amines) is 1. The van der Waals surface area contributed by atoms with Gasteiger partial charge in [0.05, 0.1) is 37.4 Å². The van der Waals surface area contributed by atoms with Crippen molar-refractivity contribution in [3.8, 4) is 5.75 Å². The van der Waals surface area contributed by atoms with Gasteiger partial charge in [-0.25, -0.2) is 17.9 Å². The summed E-state index contributed by atoms with van der Waals surface area (Å²) in [4.78, 5) is 13.9. The molecule has 2 unspecified atom stereocenters. The lowest BCUT2D eigenvalue weighted by atomic mass is 9.88. The number of sulfonamides is 1. The van der Waals surface area contributed by atoms with Crippen molar-refractivity contribution in [2.24, 2.45) is 0 Å². The van der Waals surface area contributed by atoms with Gasteiger partial charge in [0.25, 0.3) is 0 Å². The van der Waals surface area contributed by atoms with E-state index < -0.39 is 46.6 Å². The quantitative estimate of drug-likeness (QED) is 0.487. The summed E-state index contributed by atoms with van der Waals surface area (Å²) in [6.45, 7) is -0.529. The number of nitrogens with one attached hydrogen (secondary N) is 1. The zero-order valence-electron chi connectivity index (χ0n) is 21.4. The van der Waals surface area contributed by atoms with Gasteiger partial charge in [-0.05, 0) is 49.1 Å². The van der Waals surface area contributed by atoms with Gasteiger partial charge in [0.15, 0.2) is 0 Å². The van der Waals surface area contributed by atoms with E-state index in [0.717, 1.165) is 0 Å². The summed E-state index contributed by atoms with van der Waals surface area (Å²) in [5.41, 5.74) is -0.0174. The summed E-state index contributed by atoms with van der Waals surface area (Å²) in [5.74, 6) is 0.608. The van der Waals surface area contributed by atoms with Gasteiger partial charge < -0.3 is 23.8 Å². The number of hydrogen-bond acceptors (Lipinski definition) is 7. The van der Waals surface area contributed by atoms with Crippen molar-refractivity contribution in [1.29, 1.82) is 0 Å². The minimum Gasteiger partial charge on any atom is -0.497 e. The average molecular weight is 573 g/mol. The predicted molar refractivity (Wildman–Crippen MR) is 134 cm³/mol. The van der Waals surface area contributed by atoms with Crippen molar-refractivity contribution in [2.75, 3.05) is 33.4 Å². The highest BCUT2D eigenvalue weighted by Crippen LogP contribution is 2.37. The Kier molecular flexibility index (Phi) is 9.04. The summed E-state index contributed by atoms with van der Waals surface area (Å²) in [5, 5.41) is 0. The second-order valence-corrected chi connectivity index (χ2v) is 11.3. The van der Waals surface area contributed by atoms with Crippen molar-refractivity contribution in [1.82, 2.24) is 9.62 Å². The lowest BCUT2D eigenvalue weighted by Gasteiger charge is -2.38. The van der Waals surface area contributed by atoms with Gasteiger partial charge in [-0.3, -0.25) is 0 Å². The maximum absolute atomic E-state index is 13.5. The fourth-order valence-electron chi connectivity index (χ4n) is 4.65. The van der Waals surface area contributed by atoms with E-state index in [4.69, 9.17) is 18.9 Å². The van der Waals surface area contributed by atoms with Crippen LogP contribution in [0.2, 0.25) is 0 Å². The van der Waals surface area contributed by atoms with Crippen LogP contribution in [0.4, 0.5) is 18.0 Å². The van der Waals surface area contributed by atoms with Gasteiger partial charge in [0, 0.05) is 19.1 Å². The second kappa shape index (κ2) is 12.1. The van der Waals surface area contributed by atoms with Crippen molar-refractivity contribution in [3.63, 3.8) is 0 Å². The number of carbonyl (C=O) groups excluding carboxylic acids is 1. The van der Waals surface area contributed by atoms with E-state index in [1.165, 1.54) is 24.1 Å². The van der Waals surface area contributed by atoms with Crippen LogP contribution < -0.4 is 9.46 Å². The molecule has 39 heavy (non-hydrogen) atoms. The Balaban J connectivity index is 1.25. The third-order valence-corrected chi connectivity index (χ3v) is 8.36. The largest absolute Gasteiger partial charge is 0.497 e. The molecule has 0 aromatic heterocycles. The van der Waals surface area contributed by atoms with Crippen molar-refractivity contribution in [3.05, 3.63) is 60.2 Å². The zero-order valence-corrected chi connectivity index (χ0v) is 22.2. The third kappa shape index (κ3) is 7.62. The molecule has 4 rings (SSSR count). The van der Waals surface area contributed by atoms with E-state index in [-0.39, 0.29) is 31.2 Å². The number of hydrogen-bond donors (Lipinski definition) is 1. The van der Waals surface area contributed by atoms with Crippen LogP contribution in [0.3, 0.4) is 0 Å². The molecule has 2 saturated heterocycles. The van der Waals surface area contributed by atoms with Crippen LogP contribution >= 0.6 is 0 Å². The van der Waals surface area contributed by atoms with Crippen LogP contribution in [-0.2, 0) is 30.8 Å². The number of piperidine rings is 1. The molecule has 9 nitrogen and oxygen atoms in total. The van der Waals surface area contributed by atoms with Crippen LogP contribution in [0.5, 0.6) is 5.75 Å². The van der Waals surface area contributed by atoms with E-state index in [2.05, 4.69) is 4.72 Å². The van der Waals surface area contributed by atoms with E-state index in [0.29, 0.717) is 30.6 Å². The fraction of sp³-hybridized carbons (Fsp3) is 0.500. The first-order valence-corrected chi connectivity index (χ1v) is 13.9. The monoisotopic (exact) mass is 572 g/mol. The molecule has 214 valence electrons. The highest BCUT2D eigenvalue weighted by Gasteiger charge is 2.47. The van der Waals surface area contributed by atoms with Crippen molar-refractivity contribution < 1.29 is 45.3 Å². The van der Waals surface area contributed by atoms with Crippen molar-refractivity contribution in [2.45, 2.75) is 54.7 Å². The summed E-state index contributed by atoms with van der Waals surface area (Å²) in [6.07, 6.45) is -7.22. The molecule has 2 fully saturated rings. The molecule has 1 amide bonds. The first-order valence-electron chi connectivity index (χ1n) is 12.4. The topological polar surface area (TPSA) is 103 Å². The summed E-state index contributed by atoms with van der Waals surface area (Å²) in [6, 6.07) is 14.2. The lowest BCUT2D eigenvalue weighted by molar-refractivity contribution is -0.220. The standard InChI is InChI=1S/C26H31F3N2O7S/c1-35-21-9-7-19(8-10-21)16-36-18-23(26(27,28)29)38-24(32)31-13-11-25(12-14-31)15-20(17-37-25)30-39(33,34)22-5-3-2-4-6-22/h2-10,20,23,30H,11-18H2,1H3. The average Bonchev–Trinajstić information content (AvgIpc) is 3.29.